The zero-order chi connectivity index (χ0) is 12.4. The summed E-state index contributed by atoms with van der Waals surface area (Å²) in [6, 6.07) is 5.56. The molecule has 1 heterocycles. The van der Waals surface area contributed by atoms with E-state index in [1.807, 2.05) is 25.1 Å². The molecule has 2 N–H and O–H groups in total. The van der Waals surface area contributed by atoms with E-state index in [0.29, 0.717) is 11.4 Å². The third-order valence-corrected chi connectivity index (χ3v) is 2.29. The highest BCUT2D eigenvalue weighted by atomic mass is 16.5. The number of methoxy groups -OCH3 is 1. The lowest BCUT2D eigenvalue weighted by atomic mass is 10.2. The molecule has 6 heteroatoms. The van der Waals surface area contributed by atoms with Gasteiger partial charge in [0.25, 0.3) is 5.82 Å². The van der Waals surface area contributed by atoms with Crippen molar-refractivity contribution in [3.05, 3.63) is 35.9 Å². The van der Waals surface area contributed by atoms with Gasteiger partial charge in [0.05, 0.1) is 18.5 Å². The van der Waals surface area contributed by atoms with Gasteiger partial charge in [-0.1, -0.05) is 6.07 Å². The SMILES string of the molecule is COC(=O)c1ncn(-c2ccc(C)cc2N)n1. The van der Waals surface area contributed by atoms with Gasteiger partial charge in [-0.3, -0.25) is 0 Å². The van der Waals surface area contributed by atoms with Gasteiger partial charge in [-0.25, -0.2) is 14.5 Å². The van der Waals surface area contributed by atoms with Gasteiger partial charge in [0.15, 0.2) is 0 Å². The number of nitrogens with zero attached hydrogens (tertiary/aromatic N) is 3. The van der Waals surface area contributed by atoms with Crippen LogP contribution in [0.15, 0.2) is 24.5 Å². The van der Waals surface area contributed by atoms with Gasteiger partial charge >= 0.3 is 5.97 Å². The molecule has 0 saturated carbocycles. The van der Waals surface area contributed by atoms with Crippen molar-refractivity contribution in [3.8, 4) is 5.69 Å². The topological polar surface area (TPSA) is 83.0 Å². The summed E-state index contributed by atoms with van der Waals surface area (Å²) in [5.74, 6) is -0.568. The number of carbonyl (C=O) groups excluding carboxylic acids is 1. The van der Waals surface area contributed by atoms with Crippen molar-refractivity contribution in [1.29, 1.82) is 0 Å². The number of rotatable bonds is 2. The average Bonchev–Trinajstić information content (AvgIpc) is 2.77. The van der Waals surface area contributed by atoms with E-state index >= 15 is 0 Å². The van der Waals surface area contributed by atoms with Crippen molar-refractivity contribution in [2.24, 2.45) is 0 Å². The van der Waals surface area contributed by atoms with Crippen LogP contribution in [0.1, 0.15) is 16.2 Å². The molecule has 17 heavy (non-hydrogen) atoms. The molecule has 0 bridgehead atoms. The van der Waals surface area contributed by atoms with Gasteiger partial charge in [-0.15, -0.1) is 5.10 Å². The molecular formula is C11H12N4O2. The number of carbonyl (C=O) groups is 1. The number of aromatic nitrogens is 3. The largest absolute Gasteiger partial charge is 0.463 e. The lowest BCUT2D eigenvalue weighted by Crippen LogP contribution is -2.06. The van der Waals surface area contributed by atoms with Crippen LogP contribution in [0.4, 0.5) is 5.69 Å². The molecule has 2 aromatic rings. The molecule has 1 aromatic heterocycles. The van der Waals surface area contributed by atoms with E-state index in [4.69, 9.17) is 5.73 Å². The summed E-state index contributed by atoms with van der Waals surface area (Å²) in [5.41, 5.74) is 8.18. The van der Waals surface area contributed by atoms with Crippen LogP contribution in [-0.4, -0.2) is 27.8 Å². The molecule has 88 valence electrons. The summed E-state index contributed by atoms with van der Waals surface area (Å²) >= 11 is 0. The van der Waals surface area contributed by atoms with E-state index < -0.39 is 5.97 Å². The molecule has 6 nitrogen and oxygen atoms in total. The highest BCUT2D eigenvalue weighted by Gasteiger charge is 2.12. The second-order valence-electron chi connectivity index (χ2n) is 3.57. The zero-order valence-electron chi connectivity index (χ0n) is 9.54. The van der Waals surface area contributed by atoms with Gasteiger partial charge in [0.2, 0.25) is 0 Å². The first-order valence-electron chi connectivity index (χ1n) is 4.98. The van der Waals surface area contributed by atoms with Crippen molar-refractivity contribution < 1.29 is 9.53 Å². The van der Waals surface area contributed by atoms with E-state index in [1.54, 1.807) is 0 Å². The van der Waals surface area contributed by atoms with Gasteiger partial charge in [0, 0.05) is 0 Å². The predicted octanol–water partition coefficient (Wildman–Crippen LogP) is 0.945. The van der Waals surface area contributed by atoms with Crippen LogP contribution in [0.5, 0.6) is 0 Å². The minimum atomic E-state index is -0.575. The number of aryl methyl sites for hydroxylation is 1. The minimum Gasteiger partial charge on any atom is -0.463 e. The quantitative estimate of drug-likeness (QED) is 0.615. The molecule has 0 aliphatic rings. The van der Waals surface area contributed by atoms with Crippen LogP contribution in [0.2, 0.25) is 0 Å². The second kappa shape index (κ2) is 4.25. The van der Waals surface area contributed by atoms with Crippen LogP contribution in [0, 0.1) is 6.92 Å². The van der Waals surface area contributed by atoms with Gasteiger partial charge in [-0.05, 0) is 24.6 Å². The first-order chi connectivity index (χ1) is 8.11. The Balaban J connectivity index is 2.40. The highest BCUT2D eigenvalue weighted by Crippen LogP contribution is 2.17. The number of benzene rings is 1. The Kier molecular flexibility index (Phi) is 2.78. The Labute approximate surface area is 98.0 Å². The molecule has 0 aliphatic heterocycles. The highest BCUT2D eigenvalue weighted by molar-refractivity contribution is 5.84. The predicted molar refractivity (Wildman–Crippen MR) is 61.8 cm³/mol. The number of ether oxygens (including phenoxy) is 1. The Bertz CT molecular complexity index is 562. The molecule has 0 atom stereocenters. The third kappa shape index (κ3) is 2.10. The maximum absolute atomic E-state index is 11.2. The van der Waals surface area contributed by atoms with Crippen molar-refractivity contribution in [2.45, 2.75) is 6.92 Å². The van der Waals surface area contributed by atoms with Crippen LogP contribution in [-0.2, 0) is 4.74 Å². The fourth-order valence-electron chi connectivity index (χ4n) is 1.45. The number of anilines is 1. The average molecular weight is 232 g/mol. The van der Waals surface area contributed by atoms with Gasteiger partial charge in [0.1, 0.15) is 6.33 Å². The Hall–Kier alpha value is -2.37. The molecule has 0 aliphatic carbocycles. The Morgan fingerprint density at radius 1 is 1.47 bits per heavy atom. The summed E-state index contributed by atoms with van der Waals surface area (Å²) in [4.78, 5) is 15.1. The van der Waals surface area contributed by atoms with E-state index in [9.17, 15) is 4.79 Å². The Morgan fingerprint density at radius 2 is 2.24 bits per heavy atom. The van der Waals surface area contributed by atoms with Crippen molar-refractivity contribution in [2.75, 3.05) is 12.8 Å². The molecule has 0 amide bonds. The van der Waals surface area contributed by atoms with E-state index in [-0.39, 0.29) is 5.82 Å². The minimum absolute atomic E-state index is 0.00692. The Morgan fingerprint density at radius 3 is 2.88 bits per heavy atom. The van der Waals surface area contributed by atoms with E-state index in [2.05, 4.69) is 14.8 Å². The fraction of sp³-hybridized carbons (Fsp3) is 0.182. The van der Waals surface area contributed by atoms with E-state index in [1.165, 1.54) is 18.1 Å². The van der Waals surface area contributed by atoms with Gasteiger partial charge in [-0.2, -0.15) is 0 Å². The van der Waals surface area contributed by atoms with Gasteiger partial charge < -0.3 is 10.5 Å². The summed E-state index contributed by atoms with van der Waals surface area (Å²) in [5, 5.41) is 3.99. The monoisotopic (exact) mass is 232 g/mol. The molecule has 0 spiro atoms. The number of esters is 1. The van der Waals surface area contributed by atoms with Crippen LogP contribution in [0.3, 0.4) is 0 Å². The standard InChI is InChI=1S/C11H12N4O2/c1-7-3-4-9(8(12)5-7)15-6-13-10(14-15)11(16)17-2/h3-6H,12H2,1-2H3. The molecule has 0 saturated heterocycles. The molecule has 0 unspecified atom stereocenters. The summed E-state index contributed by atoms with van der Waals surface area (Å²) in [6.07, 6.45) is 1.42. The van der Waals surface area contributed by atoms with E-state index in [0.717, 1.165) is 5.56 Å². The molecule has 2 rings (SSSR count). The third-order valence-electron chi connectivity index (χ3n) is 2.29. The number of hydrogen-bond donors (Lipinski definition) is 1. The second-order valence-corrected chi connectivity index (χ2v) is 3.57. The van der Waals surface area contributed by atoms with Crippen LogP contribution in [0.25, 0.3) is 5.69 Å². The first-order valence-corrected chi connectivity index (χ1v) is 4.98. The smallest absolute Gasteiger partial charge is 0.377 e. The molecular weight excluding hydrogens is 220 g/mol. The zero-order valence-corrected chi connectivity index (χ0v) is 9.54. The lowest BCUT2D eigenvalue weighted by molar-refractivity contribution is 0.0587. The maximum Gasteiger partial charge on any atom is 0.377 e. The summed E-state index contributed by atoms with van der Waals surface area (Å²) in [7, 11) is 1.28. The van der Waals surface area contributed by atoms with Crippen molar-refractivity contribution in [3.63, 3.8) is 0 Å². The summed E-state index contributed by atoms with van der Waals surface area (Å²) in [6.45, 7) is 1.95. The maximum atomic E-state index is 11.2. The molecule has 1 aromatic carbocycles. The number of nitrogens with two attached hydrogens (primary N) is 1. The first kappa shape index (κ1) is 11.1. The number of nitrogen functional groups attached to an aromatic ring is 1. The molecule has 0 fully saturated rings. The number of hydrogen-bond acceptors (Lipinski definition) is 5. The fourth-order valence-corrected chi connectivity index (χ4v) is 1.45. The molecule has 0 radical (unpaired) electrons. The normalized spacial score (nSPS) is 10.2. The lowest BCUT2D eigenvalue weighted by Gasteiger charge is -2.05. The van der Waals surface area contributed by atoms with Crippen molar-refractivity contribution >= 4 is 11.7 Å². The van der Waals surface area contributed by atoms with Crippen molar-refractivity contribution in [1.82, 2.24) is 14.8 Å². The summed E-state index contributed by atoms with van der Waals surface area (Å²) < 4.78 is 5.97. The van der Waals surface area contributed by atoms with Crippen LogP contribution >= 0.6 is 0 Å². The van der Waals surface area contributed by atoms with Crippen LogP contribution < -0.4 is 5.73 Å².